The summed E-state index contributed by atoms with van der Waals surface area (Å²) in [6.07, 6.45) is -3.84. The van der Waals surface area contributed by atoms with E-state index in [0.29, 0.717) is 32.5 Å². The quantitative estimate of drug-likeness (QED) is 0.843. The molecule has 2 heterocycles. The Kier molecular flexibility index (Phi) is 4.24. The molecular weight excluding hydrogens is 275 g/mol. The van der Waals surface area contributed by atoms with Crippen LogP contribution in [-0.2, 0) is 10.9 Å². The molecule has 0 saturated carbocycles. The topological polar surface area (TPSA) is 68.5 Å². The molecule has 0 aliphatic carbocycles. The minimum Gasteiger partial charge on any atom is -0.378 e. The van der Waals surface area contributed by atoms with Crippen molar-refractivity contribution >= 4 is 11.5 Å². The normalized spacial score (nSPS) is 16.3. The first-order valence-electron chi connectivity index (χ1n) is 6.06. The molecule has 0 atom stereocenters. The van der Waals surface area contributed by atoms with Gasteiger partial charge in [0.2, 0.25) is 0 Å². The number of morpholine rings is 1. The maximum absolute atomic E-state index is 12.8. The molecule has 8 heteroatoms. The van der Waals surface area contributed by atoms with Crippen LogP contribution in [0, 0.1) is 0 Å². The van der Waals surface area contributed by atoms with Gasteiger partial charge in [-0.1, -0.05) is 0 Å². The summed E-state index contributed by atoms with van der Waals surface area (Å²) in [6, 6.07) is 0.946. The number of alkyl halides is 3. The van der Waals surface area contributed by atoms with Crippen LogP contribution in [0.4, 0.5) is 18.9 Å². The second-order valence-electron chi connectivity index (χ2n) is 4.32. The zero-order valence-corrected chi connectivity index (χ0v) is 10.6. The summed E-state index contributed by atoms with van der Waals surface area (Å²) < 4.78 is 43.4. The van der Waals surface area contributed by atoms with Gasteiger partial charge in [0, 0.05) is 19.3 Å². The van der Waals surface area contributed by atoms with Gasteiger partial charge in [0.15, 0.2) is 5.78 Å². The Morgan fingerprint density at radius 2 is 2.05 bits per heavy atom. The standard InChI is InChI=1S/C12H14F3N3O2/c13-12(14,15)8-5-9(18-1-3-20-4-2-18)11(17-7-8)10(19)6-16/h5,7H,1-4,6,16H2. The molecule has 1 aliphatic heterocycles. The molecule has 0 aromatic carbocycles. The Labute approximate surface area is 113 Å². The fraction of sp³-hybridized carbons (Fsp3) is 0.500. The van der Waals surface area contributed by atoms with Gasteiger partial charge < -0.3 is 15.4 Å². The van der Waals surface area contributed by atoms with Crippen molar-refractivity contribution in [2.75, 3.05) is 37.7 Å². The molecule has 2 N–H and O–H groups in total. The Morgan fingerprint density at radius 1 is 1.40 bits per heavy atom. The predicted octanol–water partition coefficient (Wildman–Crippen LogP) is 1.08. The van der Waals surface area contributed by atoms with Crippen molar-refractivity contribution in [2.45, 2.75) is 6.18 Å². The Balaban J connectivity index is 2.44. The summed E-state index contributed by atoms with van der Waals surface area (Å²) in [4.78, 5) is 17.0. The van der Waals surface area contributed by atoms with Gasteiger partial charge in [-0.15, -0.1) is 0 Å². The van der Waals surface area contributed by atoms with Crippen molar-refractivity contribution < 1.29 is 22.7 Å². The molecule has 0 radical (unpaired) electrons. The Morgan fingerprint density at radius 3 is 2.60 bits per heavy atom. The molecule has 0 spiro atoms. The minimum atomic E-state index is -4.50. The first-order valence-corrected chi connectivity index (χ1v) is 6.06. The third-order valence-electron chi connectivity index (χ3n) is 3.00. The van der Waals surface area contributed by atoms with E-state index >= 15 is 0 Å². The van der Waals surface area contributed by atoms with Crippen molar-refractivity contribution in [1.29, 1.82) is 0 Å². The summed E-state index contributed by atoms with van der Waals surface area (Å²) in [6.45, 7) is 1.32. The van der Waals surface area contributed by atoms with E-state index in [1.807, 2.05) is 0 Å². The number of hydrogen-bond acceptors (Lipinski definition) is 5. The lowest BCUT2D eigenvalue weighted by atomic mass is 10.1. The van der Waals surface area contributed by atoms with Crippen molar-refractivity contribution in [3.63, 3.8) is 0 Å². The lowest BCUT2D eigenvalue weighted by Gasteiger charge is -2.30. The third-order valence-corrected chi connectivity index (χ3v) is 3.00. The fourth-order valence-electron chi connectivity index (χ4n) is 1.96. The van der Waals surface area contributed by atoms with Crippen LogP contribution >= 0.6 is 0 Å². The van der Waals surface area contributed by atoms with E-state index in [1.165, 1.54) is 0 Å². The highest BCUT2D eigenvalue weighted by Gasteiger charge is 2.33. The van der Waals surface area contributed by atoms with Crippen molar-refractivity contribution in [2.24, 2.45) is 5.73 Å². The van der Waals surface area contributed by atoms with Crippen LogP contribution in [0.1, 0.15) is 16.1 Å². The second-order valence-corrected chi connectivity index (χ2v) is 4.32. The molecule has 20 heavy (non-hydrogen) atoms. The zero-order chi connectivity index (χ0) is 14.8. The number of halogens is 3. The van der Waals surface area contributed by atoms with Crippen LogP contribution < -0.4 is 10.6 Å². The monoisotopic (exact) mass is 289 g/mol. The van der Waals surface area contributed by atoms with Crippen LogP contribution in [-0.4, -0.2) is 43.6 Å². The van der Waals surface area contributed by atoms with E-state index in [2.05, 4.69) is 4.98 Å². The van der Waals surface area contributed by atoms with E-state index in [9.17, 15) is 18.0 Å². The smallest absolute Gasteiger partial charge is 0.378 e. The molecule has 1 aliphatic rings. The molecule has 1 fully saturated rings. The molecule has 1 aromatic rings. The van der Waals surface area contributed by atoms with Crippen LogP contribution in [0.3, 0.4) is 0 Å². The molecule has 5 nitrogen and oxygen atoms in total. The zero-order valence-electron chi connectivity index (χ0n) is 10.6. The van der Waals surface area contributed by atoms with Crippen LogP contribution in [0.15, 0.2) is 12.3 Å². The number of ketones is 1. The van der Waals surface area contributed by atoms with Crippen LogP contribution in [0.5, 0.6) is 0 Å². The first kappa shape index (κ1) is 14.7. The van der Waals surface area contributed by atoms with E-state index in [0.717, 1.165) is 6.07 Å². The van der Waals surface area contributed by atoms with Crippen molar-refractivity contribution in [1.82, 2.24) is 4.98 Å². The molecule has 1 aromatic heterocycles. The van der Waals surface area contributed by atoms with Gasteiger partial charge in [0.25, 0.3) is 0 Å². The molecule has 0 bridgehead atoms. The van der Waals surface area contributed by atoms with Crippen molar-refractivity contribution in [3.05, 3.63) is 23.5 Å². The van der Waals surface area contributed by atoms with Crippen molar-refractivity contribution in [3.8, 4) is 0 Å². The van der Waals surface area contributed by atoms with E-state index in [-0.39, 0.29) is 17.9 Å². The number of nitrogens with two attached hydrogens (primary N) is 1. The SMILES string of the molecule is NCC(=O)c1ncc(C(F)(F)F)cc1N1CCOCC1. The highest BCUT2D eigenvalue weighted by Crippen LogP contribution is 2.32. The molecule has 1 saturated heterocycles. The summed E-state index contributed by atoms with van der Waals surface area (Å²) >= 11 is 0. The summed E-state index contributed by atoms with van der Waals surface area (Å²) in [5.74, 6) is -0.486. The van der Waals surface area contributed by atoms with E-state index in [1.54, 1.807) is 4.90 Å². The first-order chi connectivity index (χ1) is 9.43. The number of anilines is 1. The summed E-state index contributed by atoms with van der Waals surface area (Å²) in [5, 5.41) is 0. The Bertz CT molecular complexity index is 499. The summed E-state index contributed by atoms with van der Waals surface area (Å²) in [7, 11) is 0. The number of hydrogen-bond donors (Lipinski definition) is 1. The molecule has 2 rings (SSSR count). The lowest BCUT2D eigenvalue weighted by Crippen LogP contribution is -2.38. The lowest BCUT2D eigenvalue weighted by molar-refractivity contribution is -0.137. The predicted molar refractivity (Wildman–Crippen MR) is 65.7 cm³/mol. The van der Waals surface area contributed by atoms with Gasteiger partial charge in [-0.2, -0.15) is 13.2 Å². The van der Waals surface area contributed by atoms with E-state index in [4.69, 9.17) is 10.5 Å². The maximum atomic E-state index is 12.8. The van der Waals surface area contributed by atoms with Gasteiger partial charge >= 0.3 is 6.18 Å². The Hall–Kier alpha value is -1.67. The number of ether oxygens (including phenoxy) is 1. The van der Waals surface area contributed by atoms with E-state index < -0.39 is 17.5 Å². The third kappa shape index (κ3) is 3.07. The minimum absolute atomic E-state index is 0.0256. The van der Waals surface area contributed by atoms with Gasteiger partial charge in [-0.3, -0.25) is 9.78 Å². The molecule has 0 amide bonds. The van der Waals surface area contributed by atoms with Gasteiger partial charge in [0.05, 0.1) is 31.0 Å². The highest BCUT2D eigenvalue weighted by molar-refractivity contribution is 6.00. The van der Waals surface area contributed by atoms with Gasteiger partial charge in [0.1, 0.15) is 5.69 Å². The molecule has 110 valence electrons. The van der Waals surface area contributed by atoms with Gasteiger partial charge in [-0.05, 0) is 6.07 Å². The average Bonchev–Trinajstić information content (AvgIpc) is 2.46. The number of pyridine rings is 1. The van der Waals surface area contributed by atoms with Crippen LogP contribution in [0.25, 0.3) is 0 Å². The number of carbonyl (C=O) groups is 1. The molecule has 0 unspecified atom stereocenters. The van der Waals surface area contributed by atoms with Crippen LogP contribution in [0.2, 0.25) is 0 Å². The summed E-state index contributed by atoms with van der Waals surface area (Å²) in [5.41, 5.74) is 4.53. The number of nitrogens with zero attached hydrogens (tertiary/aromatic N) is 2. The average molecular weight is 289 g/mol. The fourth-order valence-corrected chi connectivity index (χ4v) is 1.96. The number of aromatic nitrogens is 1. The molecular formula is C12H14F3N3O2. The number of carbonyl (C=O) groups excluding carboxylic acids is 1. The number of Topliss-reactive ketones (excluding diaryl/α,β-unsaturated/α-hetero) is 1. The maximum Gasteiger partial charge on any atom is 0.417 e. The number of rotatable bonds is 3. The highest BCUT2D eigenvalue weighted by atomic mass is 19.4. The largest absolute Gasteiger partial charge is 0.417 e. The van der Waals surface area contributed by atoms with Gasteiger partial charge in [-0.25, -0.2) is 0 Å². The second kappa shape index (κ2) is 5.76.